The number of ether oxygens (including phenoxy) is 1. The Kier molecular flexibility index (Phi) is 3.36. The minimum absolute atomic E-state index is 0.0339. The molecule has 21 heavy (non-hydrogen) atoms. The van der Waals surface area contributed by atoms with Gasteiger partial charge in [-0.05, 0) is 18.2 Å². The normalized spacial score (nSPS) is 26.1. The number of nitrogens with one attached hydrogen (secondary N) is 1. The van der Waals surface area contributed by atoms with Gasteiger partial charge in [0, 0.05) is 13.1 Å². The van der Waals surface area contributed by atoms with E-state index in [1.54, 1.807) is 0 Å². The minimum Gasteiger partial charge on any atom is -0.482 e. The van der Waals surface area contributed by atoms with E-state index in [0.717, 1.165) is 4.31 Å². The lowest BCUT2D eigenvalue weighted by Gasteiger charge is -2.20. The van der Waals surface area contributed by atoms with Crippen molar-refractivity contribution in [2.75, 3.05) is 25.0 Å². The predicted octanol–water partition coefficient (Wildman–Crippen LogP) is -1.26. The summed E-state index contributed by atoms with van der Waals surface area (Å²) >= 11 is 0. The molecule has 2 aliphatic heterocycles. The second kappa shape index (κ2) is 4.95. The van der Waals surface area contributed by atoms with Crippen LogP contribution in [0, 0.1) is 0 Å². The third kappa shape index (κ3) is 2.48. The highest BCUT2D eigenvalue weighted by Gasteiger charge is 2.37. The summed E-state index contributed by atoms with van der Waals surface area (Å²) < 4.78 is 31.1. The largest absolute Gasteiger partial charge is 0.482 e. The van der Waals surface area contributed by atoms with Crippen LogP contribution in [-0.4, -0.2) is 60.7 Å². The quantitative estimate of drug-likeness (QED) is 0.628. The number of aliphatic hydroxyl groups excluding tert-OH is 2. The number of carbonyl (C=O) groups excluding carboxylic acids is 1. The first-order chi connectivity index (χ1) is 9.88. The number of aliphatic hydroxyl groups is 2. The number of amides is 1. The van der Waals surface area contributed by atoms with E-state index in [1.165, 1.54) is 18.2 Å². The summed E-state index contributed by atoms with van der Waals surface area (Å²) in [6.45, 7) is -0.434. The van der Waals surface area contributed by atoms with Crippen molar-refractivity contribution in [3.8, 4) is 5.75 Å². The number of sulfonamides is 1. The molecule has 0 aromatic heterocycles. The van der Waals surface area contributed by atoms with E-state index in [2.05, 4.69) is 5.32 Å². The zero-order chi connectivity index (χ0) is 15.2. The van der Waals surface area contributed by atoms with Gasteiger partial charge in [0.25, 0.3) is 5.91 Å². The van der Waals surface area contributed by atoms with Crippen LogP contribution in [0.2, 0.25) is 0 Å². The van der Waals surface area contributed by atoms with Gasteiger partial charge in [0.05, 0.1) is 22.8 Å². The highest BCUT2D eigenvalue weighted by molar-refractivity contribution is 7.89. The number of rotatable bonds is 2. The van der Waals surface area contributed by atoms with E-state index in [0.29, 0.717) is 5.75 Å². The third-order valence-corrected chi connectivity index (χ3v) is 5.27. The van der Waals surface area contributed by atoms with Gasteiger partial charge in [0.2, 0.25) is 10.0 Å². The number of anilines is 1. The van der Waals surface area contributed by atoms with Gasteiger partial charge in [-0.1, -0.05) is 0 Å². The molecule has 0 spiro atoms. The molecule has 1 saturated heterocycles. The average Bonchev–Trinajstić information content (AvgIpc) is 2.78. The molecule has 0 radical (unpaired) electrons. The van der Waals surface area contributed by atoms with Gasteiger partial charge in [-0.25, -0.2) is 8.42 Å². The second-order valence-corrected chi connectivity index (χ2v) is 6.89. The van der Waals surface area contributed by atoms with Crippen LogP contribution < -0.4 is 10.1 Å². The number of benzene rings is 1. The highest BCUT2D eigenvalue weighted by Crippen LogP contribution is 2.32. The minimum atomic E-state index is -3.85. The molecule has 2 heterocycles. The molecule has 0 saturated carbocycles. The number of carbonyl (C=O) groups is 1. The maximum absolute atomic E-state index is 12.4. The van der Waals surface area contributed by atoms with Crippen molar-refractivity contribution >= 4 is 21.6 Å². The molecule has 1 aromatic rings. The summed E-state index contributed by atoms with van der Waals surface area (Å²) in [5.74, 6) is 0.0408. The monoisotopic (exact) mass is 314 g/mol. The number of hydrogen-bond acceptors (Lipinski definition) is 6. The topological polar surface area (TPSA) is 116 Å². The Bertz CT molecular complexity index is 679. The summed E-state index contributed by atoms with van der Waals surface area (Å²) in [5.41, 5.74) is 0.285. The smallest absolute Gasteiger partial charge is 0.262 e. The van der Waals surface area contributed by atoms with Crippen molar-refractivity contribution in [2.45, 2.75) is 17.1 Å². The molecule has 2 aliphatic rings. The fraction of sp³-hybridized carbons (Fsp3) is 0.417. The van der Waals surface area contributed by atoms with Gasteiger partial charge in [0.15, 0.2) is 6.61 Å². The molecule has 0 unspecified atom stereocenters. The van der Waals surface area contributed by atoms with E-state index >= 15 is 0 Å². The Balaban J connectivity index is 1.93. The van der Waals surface area contributed by atoms with Crippen LogP contribution >= 0.6 is 0 Å². The van der Waals surface area contributed by atoms with Crippen molar-refractivity contribution in [3.05, 3.63) is 18.2 Å². The van der Waals surface area contributed by atoms with E-state index < -0.39 is 22.2 Å². The first-order valence-corrected chi connectivity index (χ1v) is 7.75. The van der Waals surface area contributed by atoms with Crippen LogP contribution in [0.1, 0.15) is 0 Å². The van der Waals surface area contributed by atoms with Crippen molar-refractivity contribution in [1.29, 1.82) is 0 Å². The molecule has 8 nitrogen and oxygen atoms in total. The molecule has 0 bridgehead atoms. The van der Waals surface area contributed by atoms with Gasteiger partial charge < -0.3 is 20.3 Å². The van der Waals surface area contributed by atoms with Crippen molar-refractivity contribution < 1.29 is 28.2 Å². The molecular formula is C12H14N2O6S. The molecule has 1 amide bonds. The van der Waals surface area contributed by atoms with Crippen LogP contribution in [0.3, 0.4) is 0 Å². The van der Waals surface area contributed by atoms with Crippen molar-refractivity contribution in [1.82, 2.24) is 4.31 Å². The molecule has 9 heteroatoms. The van der Waals surface area contributed by atoms with Crippen molar-refractivity contribution in [3.63, 3.8) is 0 Å². The summed E-state index contributed by atoms with van der Waals surface area (Å²) in [7, 11) is -3.85. The Morgan fingerprint density at radius 2 is 1.90 bits per heavy atom. The van der Waals surface area contributed by atoms with E-state index in [4.69, 9.17) is 4.74 Å². The number of β-amino-alcohol motifs (C(OH)–C–C–N with tert-alkyl or cyclic N) is 2. The maximum atomic E-state index is 12.4. The van der Waals surface area contributed by atoms with Gasteiger partial charge in [-0.2, -0.15) is 4.31 Å². The van der Waals surface area contributed by atoms with Gasteiger partial charge in [-0.3, -0.25) is 4.79 Å². The van der Waals surface area contributed by atoms with E-state index in [-0.39, 0.29) is 36.2 Å². The van der Waals surface area contributed by atoms with Gasteiger partial charge >= 0.3 is 0 Å². The molecule has 2 atom stereocenters. The second-order valence-electron chi connectivity index (χ2n) is 4.95. The number of nitrogens with zero attached hydrogens (tertiary/aromatic N) is 1. The van der Waals surface area contributed by atoms with E-state index in [1.807, 2.05) is 0 Å². The summed E-state index contributed by atoms with van der Waals surface area (Å²) in [5, 5.41) is 21.5. The average molecular weight is 314 g/mol. The number of hydrogen-bond donors (Lipinski definition) is 3. The fourth-order valence-corrected chi connectivity index (χ4v) is 3.81. The van der Waals surface area contributed by atoms with Gasteiger partial charge in [-0.15, -0.1) is 0 Å². The summed E-state index contributed by atoms with van der Waals surface area (Å²) in [6, 6.07) is 4.13. The van der Waals surface area contributed by atoms with Crippen LogP contribution in [0.4, 0.5) is 5.69 Å². The molecular weight excluding hydrogens is 300 g/mol. The number of fused-ring (bicyclic) bond motifs is 1. The maximum Gasteiger partial charge on any atom is 0.262 e. The lowest BCUT2D eigenvalue weighted by Crippen LogP contribution is -2.30. The first-order valence-electron chi connectivity index (χ1n) is 6.31. The van der Waals surface area contributed by atoms with Crippen LogP contribution in [0.5, 0.6) is 5.75 Å². The lowest BCUT2D eigenvalue weighted by molar-refractivity contribution is -0.118. The Hall–Kier alpha value is -1.68. The Morgan fingerprint density at radius 3 is 2.57 bits per heavy atom. The standard InChI is InChI=1S/C12H14N2O6S/c15-9-4-14(5-10(9)16)21(18,19)7-1-2-11-8(3-7)13-12(17)6-20-11/h1-3,9-10,15-16H,4-6H2,(H,13,17)/t9-,10+. The highest BCUT2D eigenvalue weighted by atomic mass is 32.2. The zero-order valence-corrected chi connectivity index (χ0v) is 11.7. The zero-order valence-electron chi connectivity index (χ0n) is 10.9. The molecule has 3 N–H and O–H groups in total. The Morgan fingerprint density at radius 1 is 1.24 bits per heavy atom. The van der Waals surface area contributed by atoms with Crippen molar-refractivity contribution in [2.24, 2.45) is 0 Å². The summed E-state index contributed by atoms with van der Waals surface area (Å²) in [6.07, 6.45) is -2.19. The van der Waals surface area contributed by atoms with Gasteiger partial charge in [0.1, 0.15) is 5.75 Å². The molecule has 3 rings (SSSR count). The summed E-state index contributed by atoms with van der Waals surface area (Å²) in [4.78, 5) is 11.2. The predicted molar refractivity (Wildman–Crippen MR) is 71.3 cm³/mol. The first kappa shape index (κ1) is 14.3. The molecule has 114 valence electrons. The molecule has 0 aliphatic carbocycles. The molecule has 1 fully saturated rings. The van der Waals surface area contributed by atoms with Crippen LogP contribution in [0.15, 0.2) is 23.1 Å². The Labute approximate surface area is 121 Å². The van der Waals surface area contributed by atoms with Crippen LogP contribution in [0.25, 0.3) is 0 Å². The lowest BCUT2D eigenvalue weighted by atomic mass is 10.2. The SMILES string of the molecule is O=C1COc2ccc(S(=O)(=O)N3C[C@@H](O)[C@@H](O)C3)cc2N1. The fourth-order valence-electron chi connectivity index (χ4n) is 2.30. The van der Waals surface area contributed by atoms with Crippen LogP contribution in [-0.2, 0) is 14.8 Å². The third-order valence-electron chi connectivity index (χ3n) is 3.45. The molecule has 1 aromatic carbocycles. The van der Waals surface area contributed by atoms with E-state index in [9.17, 15) is 23.4 Å².